The second-order valence-electron chi connectivity index (χ2n) is 10.8. The monoisotopic (exact) mass is 569 g/mol. The van der Waals surface area contributed by atoms with Gasteiger partial charge in [0.2, 0.25) is 0 Å². The van der Waals surface area contributed by atoms with Crippen LogP contribution >= 0.6 is 0 Å². The molecule has 2 aromatic rings. The van der Waals surface area contributed by atoms with E-state index in [1.54, 1.807) is 0 Å². The van der Waals surface area contributed by atoms with E-state index in [1.807, 2.05) is 55.6 Å². The summed E-state index contributed by atoms with van der Waals surface area (Å²) in [7, 11) is 1.99. The molecule has 2 atom stereocenters. The molecule has 1 N–H and O–H groups in total. The standard InChI is InChI=1S/C35H55NO5/c1-4-6-8-13-25-38-30-18-16-19-31(28-30)40-27-15-11-22-34(36-3)35(23-10-12-24-37)41-33-21-17-20-32(29-33)39-26-14-9-7-5-2/h16-21,24,28-29,34-36H,4-15,22-23,25-27H2,1-3H3. The zero-order chi connectivity index (χ0) is 29.4. The van der Waals surface area contributed by atoms with Crippen molar-refractivity contribution in [2.45, 2.75) is 116 Å². The van der Waals surface area contributed by atoms with E-state index in [0.29, 0.717) is 13.0 Å². The topological polar surface area (TPSA) is 66.0 Å². The fourth-order valence-corrected chi connectivity index (χ4v) is 4.82. The summed E-state index contributed by atoms with van der Waals surface area (Å²) in [5, 5.41) is 3.46. The molecular formula is C35H55NO5. The summed E-state index contributed by atoms with van der Waals surface area (Å²) < 4.78 is 24.4. The lowest BCUT2D eigenvalue weighted by Crippen LogP contribution is -2.41. The zero-order valence-electron chi connectivity index (χ0n) is 25.9. The van der Waals surface area contributed by atoms with Gasteiger partial charge in [-0.15, -0.1) is 0 Å². The van der Waals surface area contributed by atoms with Crippen molar-refractivity contribution in [3.63, 3.8) is 0 Å². The molecule has 2 aromatic carbocycles. The first-order chi connectivity index (χ1) is 20.2. The molecule has 0 aliphatic rings. The quantitative estimate of drug-likeness (QED) is 0.0904. The minimum Gasteiger partial charge on any atom is -0.493 e. The normalized spacial score (nSPS) is 12.5. The Morgan fingerprint density at radius 3 is 1.68 bits per heavy atom. The molecule has 230 valence electrons. The van der Waals surface area contributed by atoms with E-state index < -0.39 is 0 Å². The van der Waals surface area contributed by atoms with Gasteiger partial charge in [0, 0.05) is 24.6 Å². The lowest BCUT2D eigenvalue weighted by Gasteiger charge is -2.28. The van der Waals surface area contributed by atoms with Crippen LogP contribution in [0.2, 0.25) is 0 Å². The average molecular weight is 570 g/mol. The third-order valence-corrected chi connectivity index (χ3v) is 7.24. The first kappa shape index (κ1) is 34.5. The molecule has 0 aliphatic carbocycles. The van der Waals surface area contributed by atoms with Crippen LogP contribution in [0.4, 0.5) is 0 Å². The number of benzene rings is 2. The molecule has 6 nitrogen and oxygen atoms in total. The summed E-state index contributed by atoms with van der Waals surface area (Å²) in [6.45, 7) is 6.57. The molecule has 0 heterocycles. The van der Waals surface area contributed by atoms with Crippen LogP contribution in [0.3, 0.4) is 0 Å². The Morgan fingerprint density at radius 2 is 1.17 bits per heavy atom. The predicted octanol–water partition coefficient (Wildman–Crippen LogP) is 8.56. The largest absolute Gasteiger partial charge is 0.493 e. The molecule has 0 aromatic heterocycles. The Bertz CT molecular complexity index is 921. The Morgan fingerprint density at radius 1 is 0.659 bits per heavy atom. The molecular weight excluding hydrogens is 514 g/mol. The third-order valence-electron chi connectivity index (χ3n) is 7.24. The highest BCUT2D eigenvalue weighted by Crippen LogP contribution is 2.25. The highest BCUT2D eigenvalue weighted by molar-refractivity contribution is 5.49. The second-order valence-corrected chi connectivity index (χ2v) is 10.8. The number of aldehydes is 1. The minimum atomic E-state index is -0.0353. The average Bonchev–Trinajstić information content (AvgIpc) is 2.99. The first-order valence-corrected chi connectivity index (χ1v) is 16.1. The molecule has 0 saturated carbocycles. The maximum Gasteiger partial charge on any atom is 0.123 e. The molecule has 2 rings (SSSR count). The number of carbonyl (C=O) groups excluding carboxylic acids is 1. The van der Waals surface area contributed by atoms with Crippen molar-refractivity contribution in [1.82, 2.24) is 5.32 Å². The van der Waals surface area contributed by atoms with Gasteiger partial charge in [-0.05, 0) is 76.3 Å². The van der Waals surface area contributed by atoms with E-state index in [2.05, 4.69) is 19.2 Å². The van der Waals surface area contributed by atoms with Gasteiger partial charge in [0.05, 0.1) is 19.8 Å². The predicted molar refractivity (Wildman–Crippen MR) is 169 cm³/mol. The Labute approximate surface area is 249 Å². The van der Waals surface area contributed by atoms with E-state index in [-0.39, 0.29) is 12.1 Å². The molecule has 0 aliphatic heterocycles. The molecule has 2 unspecified atom stereocenters. The highest BCUT2D eigenvalue weighted by Gasteiger charge is 2.22. The van der Waals surface area contributed by atoms with E-state index >= 15 is 0 Å². The maximum atomic E-state index is 11.0. The first-order valence-electron chi connectivity index (χ1n) is 16.1. The van der Waals surface area contributed by atoms with Crippen molar-refractivity contribution < 1.29 is 23.7 Å². The molecule has 0 fully saturated rings. The van der Waals surface area contributed by atoms with Crippen molar-refractivity contribution in [3.05, 3.63) is 48.5 Å². The number of carbonyl (C=O) groups is 1. The van der Waals surface area contributed by atoms with Crippen molar-refractivity contribution >= 4 is 6.29 Å². The van der Waals surface area contributed by atoms with E-state index in [9.17, 15) is 4.79 Å². The maximum absolute atomic E-state index is 11.0. The van der Waals surface area contributed by atoms with Crippen LogP contribution in [0, 0.1) is 0 Å². The molecule has 0 amide bonds. The number of rotatable bonds is 26. The molecule has 0 bridgehead atoms. The number of hydrogen-bond acceptors (Lipinski definition) is 6. The van der Waals surface area contributed by atoms with Crippen molar-refractivity contribution in [3.8, 4) is 23.0 Å². The Kier molecular flexibility index (Phi) is 19.3. The third kappa shape index (κ3) is 15.7. The summed E-state index contributed by atoms with van der Waals surface area (Å²) in [6.07, 6.45) is 15.5. The van der Waals surface area contributed by atoms with Crippen LogP contribution in [0.1, 0.15) is 104 Å². The summed E-state index contributed by atoms with van der Waals surface area (Å²) in [5.41, 5.74) is 0. The van der Waals surface area contributed by atoms with Crippen LogP contribution in [-0.2, 0) is 4.79 Å². The Hall–Kier alpha value is -2.73. The lowest BCUT2D eigenvalue weighted by atomic mass is 9.99. The van der Waals surface area contributed by atoms with Crippen LogP contribution in [0.25, 0.3) is 0 Å². The number of ether oxygens (including phenoxy) is 4. The van der Waals surface area contributed by atoms with Crippen LogP contribution < -0.4 is 24.3 Å². The number of hydrogen-bond donors (Lipinski definition) is 1. The fourth-order valence-electron chi connectivity index (χ4n) is 4.82. The number of likely N-dealkylation sites (N-methyl/N-ethyl adjacent to an activating group) is 1. The molecule has 0 radical (unpaired) electrons. The van der Waals surface area contributed by atoms with Crippen LogP contribution in [0.5, 0.6) is 23.0 Å². The van der Waals surface area contributed by atoms with E-state index in [0.717, 1.165) is 87.4 Å². The van der Waals surface area contributed by atoms with Gasteiger partial charge in [0.1, 0.15) is 35.4 Å². The van der Waals surface area contributed by atoms with Gasteiger partial charge in [-0.2, -0.15) is 0 Å². The van der Waals surface area contributed by atoms with Crippen molar-refractivity contribution in [2.75, 3.05) is 26.9 Å². The fraction of sp³-hybridized carbons (Fsp3) is 0.629. The summed E-state index contributed by atoms with van der Waals surface area (Å²) in [5.74, 6) is 3.37. The Balaban J connectivity index is 1.81. The molecule has 0 saturated heterocycles. The highest BCUT2D eigenvalue weighted by atomic mass is 16.5. The van der Waals surface area contributed by atoms with Gasteiger partial charge in [-0.3, -0.25) is 0 Å². The zero-order valence-corrected chi connectivity index (χ0v) is 25.9. The van der Waals surface area contributed by atoms with Gasteiger partial charge in [0.15, 0.2) is 0 Å². The molecule has 41 heavy (non-hydrogen) atoms. The summed E-state index contributed by atoms with van der Waals surface area (Å²) in [6, 6.07) is 16.1. The van der Waals surface area contributed by atoms with E-state index in [4.69, 9.17) is 18.9 Å². The van der Waals surface area contributed by atoms with E-state index in [1.165, 1.54) is 38.5 Å². The van der Waals surface area contributed by atoms with Gasteiger partial charge >= 0.3 is 0 Å². The minimum absolute atomic E-state index is 0.0353. The number of unbranched alkanes of at least 4 members (excludes halogenated alkanes) is 8. The van der Waals surface area contributed by atoms with Gasteiger partial charge in [-0.25, -0.2) is 0 Å². The summed E-state index contributed by atoms with van der Waals surface area (Å²) >= 11 is 0. The van der Waals surface area contributed by atoms with Gasteiger partial charge in [0.25, 0.3) is 0 Å². The van der Waals surface area contributed by atoms with Crippen molar-refractivity contribution in [2.24, 2.45) is 0 Å². The summed E-state index contributed by atoms with van der Waals surface area (Å²) in [4.78, 5) is 11.0. The van der Waals surface area contributed by atoms with Crippen molar-refractivity contribution in [1.29, 1.82) is 0 Å². The van der Waals surface area contributed by atoms with Gasteiger partial charge in [-0.1, -0.05) is 64.5 Å². The SMILES string of the molecule is CCCCCCOc1cccc(OCCCCC(NC)C(CCCC=O)Oc2cccc(OCCCCCC)c2)c1. The van der Waals surface area contributed by atoms with Crippen LogP contribution in [-0.4, -0.2) is 45.3 Å². The smallest absolute Gasteiger partial charge is 0.123 e. The van der Waals surface area contributed by atoms with Crippen LogP contribution in [0.15, 0.2) is 48.5 Å². The molecule has 0 spiro atoms. The van der Waals surface area contributed by atoms with Gasteiger partial charge < -0.3 is 29.1 Å². The molecule has 6 heteroatoms. The lowest BCUT2D eigenvalue weighted by molar-refractivity contribution is -0.108. The second kappa shape index (κ2) is 22.9. The number of nitrogens with one attached hydrogen (secondary N) is 1.